The summed E-state index contributed by atoms with van der Waals surface area (Å²) in [5.41, 5.74) is 0.981. The zero-order chi connectivity index (χ0) is 12.5. The highest BCUT2D eigenvalue weighted by molar-refractivity contribution is 14.0. The number of pyridine rings is 1. The average molecular weight is 362 g/mol. The molecule has 0 fully saturated rings. The van der Waals surface area contributed by atoms with E-state index in [0.717, 1.165) is 24.7 Å². The zero-order valence-corrected chi connectivity index (χ0v) is 13.6. The number of guanidine groups is 1. The first-order valence-electron chi connectivity index (χ1n) is 6.14. The largest absolute Gasteiger partial charge is 0.357 e. The van der Waals surface area contributed by atoms with Gasteiger partial charge < -0.3 is 10.6 Å². The summed E-state index contributed by atoms with van der Waals surface area (Å²) in [7, 11) is 0. The molecule has 1 heterocycles. The zero-order valence-electron chi connectivity index (χ0n) is 11.3. The third kappa shape index (κ3) is 7.47. The van der Waals surface area contributed by atoms with Crippen molar-refractivity contribution in [3.63, 3.8) is 0 Å². The van der Waals surface area contributed by atoms with Crippen LogP contribution in [0.25, 0.3) is 0 Å². The van der Waals surface area contributed by atoms with Gasteiger partial charge in [-0.1, -0.05) is 19.9 Å². The monoisotopic (exact) mass is 362 g/mol. The van der Waals surface area contributed by atoms with E-state index in [1.165, 1.54) is 0 Å². The summed E-state index contributed by atoms with van der Waals surface area (Å²) >= 11 is 0. The van der Waals surface area contributed by atoms with Crippen LogP contribution in [0.5, 0.6) is 0 Å². The highest BCUT2D eigenvalue weighted by atomic mass is 127. The van der Waals surface area contributed by atoms with Gasteiger partial charge >= 0.3 is 0 Å². The number of hydrogen-bond acceptors (Lipinski definition) is 2. The standard InChI is InChI=1S/C13H22N4.HI/c1-4-14-13(16-9-11(2)3)17-10-12-7-5-6-8-15-12;/h5-8,11H,4,9-10H2,1-3H3,(H2,14,16,17);1H. The summed E-state index contributed by atoms with van der Waals surface area (Å²) in [4.78, 5) is 8.73. The molecule has 102 valence electrons. The Morgan fingerprint density at radius 1 is 1.33 bits per heavy atom. The maximum atomic E-state index is 4.49. The fourth-order valence-corrected chi connectivity index (χ4v) is 1.29. The van der Waals surface area contributed by atoms with Gasteiger partial charge in [0.2, 0.25) is 0 Å². The lowest BCUT2D eigenvalue weighted by Gasteiger charge is -2.12. The van der Waals surface area contributed by atoms with Crippen LogP contribution in [0.1, 0.15) is 26.5 Å². The van der Waals surface area contributed by atoms with Crippen molar-refractivity contribution in [2.45, 2.75) is 27.3 Å². The van der Waals surface area contributed by atoms with Crippen molar-refractivity contribution in [1.29, 1.82) is 0 Å². The summed E-state index contributed by atoms with van der Waals surface area (Å²) in [5.74, 6) is 1.46. The van der Waals surface area contributed by atoms with Gasteiger partial charge in [-0.3, -0.25) is 4.98 Å². The fourth-order valence-electron chi connectivity index (χ4n) is 1.29. The number of aromatic nitrogens is 1. The van der Waals surface area contributed by atoms with Crippen LogP contribution < -0.4 is 10.6 Å². The Morgan fingerprint density at radius 3 is 2.67 bits per heavy atom. The summed E-state index contributed by atoms with van der Waals surface area (Å²) in [6.07, 6.45) is 1.79. The van der Waals surface area contributed by atoms with Gasteiger partial charge in [0.25, 0.3) is 0 Å². The molecule has 18 heavy (non-hydrogen) atoms. The molecule has 0 saturated carbocycles. The SMILES string of the molecule is CCNC(=NCc1ccccn1)NCC(C)C.I. The molecule has 0 aromatic carbocycles. The van der Waals surface area contributed by atoms with Gasteiger partial charge in [0, 0.05) is 19.3 Å². The summed E-state index contributed by atoms with van der Waals surface area (Å²) < 4.78 is 0. The van der Waals surface area contributed by atoms with E-state index in [0.29, 0.717) is 12.5 Å². The first kappa shape index (κ1) is 17.2. The molecule has 2 N–H and O–H groups in total. The van der Waals surface area contributed by atoms with E-state index >= 15 is 0 Å². The molecular weight excluding hydrogens is 339 g/mol. The molecule has 0 spiro atoms. The minimum atomic E-state index is 0. The lowest BCUT2D eigenvalue weighted by atomic mass is 10.2. The van der Waals surface area contributed by atoms with Crippen LogP contribution in [0.15, 0.2) is 29.4 Å². The fraction of sp³-hybridized carbons (Fsp3) is 0.538. The molecule has 1 rings (SSSR count). The molecule has 0 bridgehead atoms. The van der Waals surface area contributed by atoms with E-state index in [-0.39, 0.29) is 24.0 Å². The Balaban J connectivity index is 0.00000289. The summed E-state index contributed by atoms with van der Waals surface area (Å²) in [6, 6.07) is 5.87. The van der Waals surface area contributed by atoms with E-state index < -0.39 is 0 Å². The number of halogens is 1. The van der Waals surface area contributed by atoms with E-state index in [2.05, 4.69) is 41.4 Å². The van der Waals surface area contributed by atoms with Crippen molar-refractivity contribution in [3.05, 3.63) is 30.1 Å². The Bertz CT molecular complexity index is 338. The van der Waals surface area contributed by atoms with Crippen molar-refractivity contribution in [2.24, 2.45) is 10.9 Å². The highest BCUT2D eigenvalue weighted by Crippen LogP contribution is 1.95. The van der Waals surface area contributed by atoms with Crippen molar-refractivity contribution in [1.82, 2.24) is 15.6 Å². The van der Waals surface area contributed by atoms with Gasteiger partial charge in [-0.25, -0.2) is 4.99 Å². The smallest absolute Gasteiger partial charge is 0.191 e. The predicted molar refractivity (Wildman–Crippen MR) is 87.3 cm³/mol. The lowest BCUT2D eigenvalue weighted by molar-refractivity contribution is 0.614. The second-order valence-corrected chi connectivity index (χ2v) is 4.29. The molecule has 0 unspecified atom stereocenters. The topological polar surface area (TPSA) is 49.3 Å². The van der Waals surface area contributed by atoms with Gasteiger partial charge in [-0.2, -0.15) is 0 Å². The predicted octanol–water partition coefficient (Wildman–Crippen LogP) is 2.41. The van der Waals surface area contributed by atoms with Crippen molar-refractivity contribution < 1.29 is 0 Å². The molecule has 0 radical (unpaired) electrons. The Morgan fingerprint density at radius 2 is 2.11 bits per heavy atom. The molecule has 1 aromatic rings. The average Bonchev–Trinajstić information content (AvgIpc) is 2.34. The Kier molecular flexibility index (Phi) is 9.63. The summed E-state index contributed by atoms with van der Waals surface area (Å²) in [5, 5.41) is 6.52. The van der Waals surface area contributed by atoms with Gasteiger partial charge in [0.1, 0.15) is 0 Å². The van der Waals surface area contributed by atoms with E-state index in [1.807, 2.05) is 18.2 Å². The lowest BCUT2D eigenvalue weighted by Crippen LogP contribution is -2.39. The first-order valence-corrected chi connectivity index (χ1v) is 6.14. The number of aliphatic imine (C=N–C) groups is 1. The summed E-state index contributed by atoms with van der Waals surface area (Å²) in [6.45, 7) is 8.81. The van der Waals surface area contributed by atoms with E-state index in [1.54, 1.807) is 6.20 Å². The Hall–Kier alpha value is -0.850. The van der Waals surface area contributed by atoms with Crippen LogP contribution >= 0.6 is 24.0 Å². The molecule has 0 aliphatic heterocycles. The molecule has 5 heteroatoms. The third-order valence-electron chi connectivity index (χ3n) is 2.15. The first-order chi connectivity index (χ1) is 8.22. The quantitative estimate of drug-likeness (QED) is 0.481. The number of nitrogens with one attached hydrogen (secondary N) is 2. The second-order valence-electron chi connectivity index (χ2n) is 4.29. The number of hydrogen-bond donors (Lipinski definition) is 2. The number of nitrogens with zero attached hydrogens (tertiary/aromatic N) is 2. The minimum absolute atomic E-state index is 0. The van der Waals surface area contributed by atoms with Crippen molar-refractivity contribution in [2.75, 3.05) is 13.1 Å². The van der Waals surface area contributed by atoms with Crippen LogP contribution in [-0.2, 0) is 6.54 Å². The minimum Gasteiger partial charge on any atom is -0.357 e. The van der Waals surface area contributed by atoms with E-state index in [9.17, 15) is 0 Å². The normalized spacial score (nSPS) is 11.0. The Labute approximate surface area is 127 Å². The maximum absolute atomic E-state index is 4.49. The van der Waals surface area contributed by atoms with Crippen LogP contribution in [0.4, 0.5) is 0 Å². The molecule has 0 saturated heterocycles. The maximum Gasteiger partial charge on any atom is 0.191 e. The van der Waals surface area contributed by atoms with Gasteiger partial charge in [0.15, 0.2) is 5.96 Å². The number of rotatable bonds is 5. The van der Waals surface area contributed by atoms with Crippen LogP contribution in [0.3, 0.4) is 0 Å². The highest BCUT2D eigenvalue weighted by Gasteiger charge is 1.99. The van der Waals surface area contributed by atoms with Crippen LogP contribution in [0, 0.1) is 5.92 Å². The molecular formula is C13H23IN4. The van der Waals surface area contributed by atoms with E-state index in [4.69, 9.17) is 0 Å². The molecule has 4 nitrogen and oxygen atoms in total. The van der Waals surface area contributed by atoms with Crippen LogP contribution in [-0.4, -0.2) is 24.0 Å². The third-order valence-corrected chi connectivity index (χ3v) is 2.15. The van der Waals surface area contributed by atoms with Crippen molar-refractivity contribution in [3.8, 4) is 0 Å². The molecule has 0 aliphatic rings. The van der Waals surface area contributed by atoms with Gasteiger partial charge in [-0.05, 0) is 25.0 Å². The van der Waals surface area contributed by atoms with Gasteiger partial charge in [0.05, 0.1) is 12.2 Å². The molecule has 0 atom stereocenters. The van der Waals surface area contributed by atoms with Crippen molar-refractivity contribution >= 4 is 29.9 Å². The molecule has 1 aromatic heterocycles. The molecule has 0 aliphatic carbocycles. The molecule has 0 amide bonds. The van der Waals surface area contributed by atoms with Crippen LogP contribution in [0.2, 0.25) is 0 Å². The second kappa shape index (κ2) is 10.1. The van der Waals surface area contributed by atoms with Gasteiger partial charge in [-0.15, -0.1) is 24.0 Å².